The summed E-state index contributed by atoms with van der Waals surface area (Å²) in [6.45, 7) is 1.03. The highest BCUT2D eigenvalue weighted by Crippen LogP contribution is 2.34. The summed E-state index contributed by atoms with van der Waals surface area (Å²) in [6, 6.07) is 15.9. The Hall–Kier alpha value is -2.29. The van der Waals surface area contributed by atoms with Crippen molar-refractivity contribution >= 4 is 15.9 Å². The Morgan fingerprint density at radius 2 is 1.73 bits per heavy atom. The molecule has 0 spiro atoms. The van der Waals surface area contributed by atoms with Gasteiger partial charge in [-0.1, -0.05) is 48.5 Å². The largest absolute Gasteiger partial charge is 0.381 e. The van der Waals surface area contributed by atoms with E-state index < -0.39 is 21.7 Å². The number of carbonyl (C=O) groups is 1. The van der Waals surface area contributed by atoms with E-state index in [-0.39, 0.29) is 24.1 Å². The minimum Gasteiger partial charge on any atom is -0.381 e. The molecule has 1 amide bonds. The van der Waals surface area contributed by atoms with Crippen molar-refractivity contribution in [3.63, 3.8) is 0 Å². The van der Waals surface area contributed by atoms with E-state index in [0.717, 1.165) is 29.0 Å². The highest BCUT2D eigenvalue weighted by Gasteiger charge is 2.35. The van der Waals surface area contributed by atoms with Gasteiger partial charge in [0.25, 0.3) is 0 Å². The van der Waals surface area contributed by atoms with E-state index in [1.807, 2.05) is 30.3 Å². The normalized spacial score (nSPS) is 16.4. The van der Waals surface area contributed by atoms with Gasteiger partial charge in [-0.05, 0) is 24.5 Å². The molecular formula is C22H27FN2O4S. The second-order valence-corrected chi connectivity index (χ2v) is 9.64. The van der Waals surface area contributed by atoms with Crippen molar-refractivity contribution in [2.24, 2.45) is 0 Å². The third-order valence-corrected chi connectivity index (χ3v) is 6.75. The van der Waals surface area contributed by atoms with Crippen molar-refractivity contribution in [3.05, 3.63) is 71.5 Å². The molecule has 1 heterocycles. The summed E-state index contributed by atoms with van der Waals surface area (Å²) < 4.78 is 44.8. The third-order valence-electron chi connectivity index (χ3n) is 5.55. The molecule has 0 atom stereocenters. The van der Waals surface area contributed by atoms with E-state index in [1.54, 1.807) is 6.07 Å². The van der Waals surface area contributed by atoms with Gasteiger partial charge in [0, 0.05) is 37.3 Å². The Balaban J connectivity index is 1.69. The average molecular weight is 435 g/mol. The zero-order valence-corrected chi connectivity index (χ0v) is 17.8. The van der Waals surface area contributed by atoms with Crippen molar-refractivity contribution < 1.29 is 22.3 Å². The van der Waals surface area contributed by atoms with Crippen LogP contribution in [0.5, 0.6) is 0 Å². The Labute approximate surface area is 177 Å². The first kappa shape index (κ1) is 22.4. The summed E-state index contributed by atoms with van der Waals surface area (Å²) in [6.07, 6.45) is 2.55. The van der Waals surface area contributed by atoms with Gasteiger partial charge in [0.05, 0.1) is 12.8 Å². The molecular weight excluding hydrogens is 407 g/mol. The van der Waals surface area contributed by atoms with Crippen LogP contribution in [-0.4, -0.2) is 51.2 Å². The predicted octanol–water partition coefficient (Wildman–Crippen LogP) is 2.45. The molecule has 0 aliphatic carbocycles. The Morgan fingerprint density at radius 3 is 2.37 bits per heavy atom. The van der Waals surface area contributed by atoms with Crippen molar-refractivity contribution in [2.45, 2.75) is 24.8 Å². The summed E-state index contributed by atoms with van der Waals surface area (Å²) in [5.74, 6) is -0.921. The van der Waals surface area contributed by atoms with Crippen LogP contribution >= 0.6 is 0 Å². The average Bonchev–Trinajstić information content (AvgIpc) is 2.74. The first-order valence-electron chi connectivity index (χ1n) is 9.89. The molecule has 1 aliphatic heterocycles. The molecule has 8 heteroatoms. The number of benzene rings is 2. The van der Waals surface area contributed by atoms with Gasteiger partial charge < -0.3 is 10.1 Å². The van der Waals surface area contributed by atoms with Crippen molar-refractivity contribution in [1.29, 1.82) is 0 Å². The number of nitrogens with zero attached hydrogens (tertiary/aromatic N) is 1. The minimum absolute atomic E-state index is 0.198. The Bertz CT molecular complexity index is 960. The van der Waals surface area contributed by atoms with Crippen LogP contribution in [0.1, 0.15) is 24.0 Å². The topological polar surface area (TPSA) is 75.7 Å². The number of hydrogen-bond acceptors (Lipinski definition) is 4. The SMILES string of the molecule is CS(=O)(=O)N(CC(=O)NCC1(c2ccccc2)CCOCC1)Cc1ccccc1F. The number of halogens is 1. The molecule has 1 aliphatic rings. The second kappa shape index (κ2) is 9.68. The standard InChI is InChI=1S/C22H27FN2O4S/c1-30(27,28)25(15-18-7-5-6-10-20(18)23)16-21(26)24-17-22(11-13-29-14-12-22)19-8-3-2-4-9-19/h2-10H,11-17H2,1H3,(H,24,26). The van der Waals surface area contributed by atoms with E-state index in [0.29, 0.717) is 19.8 Å². The highest BCUT2D eigenvalue weighted by atomic mass is 32.2. The van der Waals surface area contributed by atoms with Crippen molar-refractivity contribution in [3.8, 4) is 0 Å². The summed E-state index contributed by atoms with van der Waals surface area (Å²) in [7, 11) is -3.70. The summed E-state index contributed by atoms with van der Waals surface area (Å²) in [5.41, 5.74) is 1.09. The molecule has 2 aromatic rings. The highest BCUT2D eigenvalue weighted by molar-refractivity contribution is 7.88. The van der Waals surface area contributed by atoms with Gasteiger partial charge >= 0.3 is 0 Å². The maximum atomic E-state index is 14.0. The molecule has 3 rings (SSSR count). The number of sulfonamides is 1. The van der Waals surface area contributed by atoms with Crippen molar-refractivity contribution in [2.75, 3.05) is 32.6 Å². The predicted molar refractivity (Wildman–Crippen MR) is 113 cm³/mol. The molecule has 1 N–H and O–H groups in total. The van der Waals surface area contributed by atoms with Crippen LogP contribution in [0.4, 0.5) is 4.39 Å². The number of hydrogen-bond donors (Lipinski definition) is 1. The zero-order chi connectivity index (χ0) is 21.6. The summed E-state index contributed by atoms with van der Waals surface area (Å²) in [4.78, 5) is 12.6. The summed E-state index contributed by atoms with van der Waals surface area (Å²) >= 11 is 0. The minimum atomic E-state index is -3.70. The molecule has 30 heavy (non-hydrogen) atoms. The van der Waals surface area contributed by atoms with E-state index in [1.165, 1.54) is 18.2 Å². The smallest absolute Gasteiger partial charge is 0.235 e. The Morgan fingerprint density at radius 1 is 1.10 bits per heavy atom. The van der Waals surface area contributed by atoms with Gasteiger partial charge in [-0.25, -0.2) is 12.8 Å². The van der Waals surface area contributed by atoms with Gasteiger partial charge in [-0.15, -0.1) is 0 Å². The lowest BCUT2D eigenvalue weighted by molar-refractivity contribution is -0.121. The fourth-order valence-electron chi connectivity index (χ4n) is 3.71. The molecule has 0 bridgehead atoms. The maximum absolute atomic E-state index is 14.0. The third kappa shape index (κ3) is 5.65. The molecule has 2 aromatic carbocycles. The van der Waals surface area contributed by atoms with E-state index in [9.17, 15) is 17.6 Å². The lowest BCUT2D eigenvalue weighted by Gasteiger charge is -2.38. The first-order chi connectivity index (χ1) is 14.3. The zero-order valence-electron chi connectivity index (χ0n) is 17.0. The molecule has 1 fully saturated rings. The molecule has 0 unspecified atom stereocenters. The quantitative estimate of drug-likeness (QED) is 0.693. The van der Waals surface area contributed by atoms with E-state index in [4.69, 9.17) is 4.74 Å². The van der Waals surface area contributed by atoms with Crippen molar-refractivity contribution in [1.82, 2.24) is 9.62 Å². The van der Waals surface area contributed by atoms with Gasteiger partial charge in [-0.2, -0.15) is 4.31 Å². The molecule has 0 radical (unpaired) electrons. The van der Waals surface area contributed by atoms with E-state index >= 15 is 0 Å². The Kier molecular flexibility index (Phi) is 7.23. The number of nitrogens with one attached hydrogen (secondary N) is 1. The van der Waals surface area contributed by atoms with Gasteiger partial charge in [0.15, 0.2) is 0 Å². The molecule has 0 saturated carbocycles. The van der Waals surface area contributed by atoms with Crippen LogP contribution in [-0.2, 0) is 31.5 Å². The number of carbonyl (C=O) groups excluding carboxylic acids is 1. The van der Waals surface area contributed by atoms with Crippen LogP contribution in [0, 0.1) is 5.82 Å². The fourth-order valence-corrected chi connectivity index (χ4v) is 4.44. The van der Waals surface area contributed by atoms with Crippen LogP contribution < -0.4 is 5.32 Å². The number of ether oxygens (including phenoxy) is 1. The monoisotopic (exact) mass is 434 g/mol. The van der Waals surface area contributed by atoms with Crippen LogP contribution in [0.2, 0.25) is 0 Å². The lowest BCUT2D eigenvalue weighted by atomic mass is 9.74. The molecule has 1 saturated heterocycles. The maximum Gasteiger partial charge on any atom is 0.235 e. The number of rotatable bonds is 8. The van der Waals surface area contributed by atoms with Gasteiger partial charge in [0.2, 0.25) is 15.9 Å². The van der Waals surface area contributed by atoms with Gasteiger partial charge in [-0.3, -0.25) is 4.79 Å². The summed E-state index contributed by atoms with van der Waals surface area (Å²) in [5, 5.41) is 2.90. The second-order valence-electron chi connectivity index (χ2n) is 7.66. The van der Waals surface area contributed by atoms with E-state index in [2.05, 4.69) is 5.32 Å². The first-order valence-corrected chi connectivity index (χ1v) is 11.7. The van der Waals surface area contributed by atoms with Crippen LogP contribution in [0.3, 0.4) is 0 Å². The van der Waals surface area contributed by atoms with Gasteiger partial charge in [0.1, 0.15) is 5.82 Å². The van der Waals surface area contributed by atoms with Crippen LogP contribution in [0.15, 0.2) is 54.6 Å². The molecule has 162 valence electrons. The van der Waals surface area contributed by atoms with Crippen LogP contribution in [0.25, 0.3) is 0 Å². The molecule has 0 aromatic heterocycles. The molecule has 6 nitrogen and oxygen atoms in total. The lowest BCUT2D eigenvalue weighted by Crippen LogP contribution is -2.47. The number of amides is 1. The fraction of sp³-hybridized carbons (Fsp3) is 0.409.